The minimum atomic E-state index is -0.393. The molecule has 0 saturated carbocycles. The summed E-state index contributed by atoms with van der Waals surface area (Å²) >= 11 is 3.04. The fraction of sp³-hybridized carbons (Fsp3) is 0.273. The number of aromatic nitrogens is 1. The molecule has 2 aromatic rings. The number of nitrogens with one attached hydrogen (secondary N) is 1. The standard InChI is InChI=1S/C22H22N4O3S2/c1-3-16-19(21(28)29-2)20(17-7-5-9-30-17)26-15(13-31-22(26)25-16)10-18(27)24-12-14-6-4-8-23-11-14/h4-9,11,13,20H,3,10,12H2,1-2H3,(H,24,27)/t20-/m1/s1. The van der Waals surface area contributed by atoms with E-state index >= 15 is 0 Å². The van der Waals surface area contributed by atoms with Crippen LogP contribution in [0.25, 0.3) is 0 Å². The van der Waals surface area contributed by atoms with Crippen LogP contribution in [0.4, 0.5) is 0 Å². The Hall–Kier alpha value is -2.91. The Balaban J connectivity index is 1.59. The molecule has 0 unspecified atom stereocenters. The molecule has 0 spiro atoms. The molecular weight excluding hydrogens is 432 g/mol. The van der Waals surface area contributed by atoms with E-state index in [2.05, 4.69) is 10.3 Å². The summed E-state index contributed by atoms with van der Waals surface area (Å²) in [6, 6.07) is 7.35. The van der Waals surface area contributed by atoms with Gasteiger partial charge in [0, 0.05) is 29.5 Å². The van der Waals surface area contributed by atoms with Crippen LogP contribution in [-0.2, 0) is 20.9 Å². The quantitative estimate of drug-likeness (QED) is 0.637. The highest BCUT2D eigenvalue weighted by Gasteiger charge is 2.41. The summed E-state index contributed by atoms with van der Waals surface area (Å²) in [4.78, 5) is 37.2. The molecular formula is C22H22N4O3S2. The molecule has 9 heteroatoms. The van der Waals surface area contributed by atoms with Crippen molar-refractivity contribution < 1.29 is 14.3 Å². The van der Waals surface area contributed by atoms with Crippen LogP contribution in [0.5, 0.6) is 0 Å². The van der Waals surface area contributed by atoms with Gasteiger partial charge in [0.1, 0.15) is 6.04 Å². The summed E-state index contributed by atoms with van der Waals surface area (Å²) in [5.74, 6) is -0.498. The fourth-order valence-electron chi connectivity index (χ4n) is 3.56. The van der Waals surface area contributed by atoms with Gasteiger partial charge in [-0.2, -0.15) is 0 Å². The number of aliphatic imine (C=N–C) groups is 1. The molecule has 2 aliphatic heterocycles. The summed E-state index contributed by atoms with van der Waals surface area (Å²) in [5, 5.41) is 7.64. The van der Waals surface area contributed by atoms with Gasteiger partial charge in [-0.1, -0.05) is 30.8 Å². The summed E-state index contributed by atoms with van der Waals surface area (Å²) in [5.41, 5.74) is 2.99. The summed E-state index contributed by atoms with van der Waals surface area (Å²) in [7, 11) is 1.38. The fourth-order valence-corrected chi connectivity index (χ4v) is 5.32. The maximum Gasteiger partial charge on any atom is 0.338 e. The number of amides is 1. The van der Waals surface area contributed by atoms with Gasteiger partial charge in [-0.3, -0.25) is 9.78 Å². The zero-order chi connectivity index (χ0) is 21.8. The summed E-state index contributed by atoms with van der Waals surface area (Å²) in [6.45, 7) is 2.39. The number of hydrogen-bond donors (Lipinski definition) is 1. The largest absolute Gasteiger partial charge is 0.466 e. The summed E-state index contributed by atoms with van der Waals surface area (Å²) in [6.07, 6.45) is 4.23. The molecule has 0 fully saturated rings. The number of pyridine rings is 1. The van der Waals surface area contributed by atoms with E-state index in [0.29, 0.717) is 18.5 Å². The predicted molar refractivity (Wildman–Crippen MR) is 122 cm³/mol. The highest BCUT2D eigenvalue weighted by atomic mass is 32.2. The van der Waals surface area contributed by atoms with Gasteiger partial charge in [0.2, 0.25) is 5.91 Å². The van der Waals surface area contributed by atoms with Crippen molar-refractivity contribution in [2.45, 2.75) is 32.4 Å². The average Bonchev–Trinajstić information content (AvgIpc) is 3.47. The van der Waals surface area contributed by atoms with Gasteiger partial charge in [0.15, 0.2) is 5.17 Å². The second kappa shape index (κ2) is 9.49. The van der Waals surface area contributed by atoms with Crippen molar-refractivity contribution >= 4 is 40.1 Å². The molecule has 0 aliphatic carbocycles. The van der Waals surface area contributed by atoms with Gasteiger partial charge in [-0.15, -0.1) is 11.3 Å². The van der Waals surface area contributed by atoms with Crippen molar-refractivity contribution in [3.63, 3.8) is 0 Å². The number of rotatable bonds is 7. The highest BCUT2D eigenvalue weighted by Crippen LogP contribution is 2.46. The van der Waals surface area contributed by atoms with E-state index in [1.165, 1.54) is 18.9 Å². The van der Waals surface area contributed by atoms with Crippen molar-refractivity contribution in [3.05, 3.63) is 74.9 Å². The topological polar surface area (TPSA) is 83.9 Å². The number of amidine groups is 1. The van der Waals surface area contributed by atoms with Crippen LogP contribution in [0.3, 0.4) is 0 Å². The average molecular weight is 455 g/mol. The second-order valence-corrected chi connectivity index (χ2v) is 8.75. The van der Waals surface area contributed by atoms with Crippen LogP contribution in [0, 0.1) is 0 Å². The van der Waals surface area contributed by atoms with Crippen LogP contribution in [0.1, 0.15) is 36.2 Å². The van der Waals surface area contributed by atoms with Crippen molar-refractivity contribution in [1.29, 1.82) is 0 Å². The van der Waals surface area contributed by atoms with Crippen molar-refractivity contribution in [2.24, 2.45) is 4.99 Å². The number of thiophene rings is 1. The molecule has 0 bridgehead atoms. The van der Waals surface area contributed by atoms with Crippen LogP contribution in [0.2, 0.25) is 0 Å². The van der Waals surface area contributed by atoms with E-state index in [1.54, 1.807) is 23.7 Å². The first-order chi connectivity index (χ1) is 15.1. The Bertz CT molecular complexity index is 1060. The lowest BCUT2D eigenvalue weighted by Gasteiger charge is -2.35. The number of fused-ring (bicyclic) bond motifs is 1. The molecule has 0 radical (unpaired) electrons. The van der Waals surface area contributed by atoms with Crippen LogP contribution in [-0.4, -0.2) is 34.0 Å². The van der Waals surface area contributed by atoms with Gasteiger partial charge >= 0.3 is 5.97 Å². The lowest BCUT2D eigenvalue weighted by atomic mass is 9.98. The number of ether oxygens (including phenoxy) is 1. The minimum Gasteiger partial charge on any atom is -0.466 e. The number of carbonyl (C=O) groups excluding carboxylic acids is 2. The second-order valence-electron chi connectivity index (χ2n) is 6.93. The predicted octanol–water partition coefficient (Wildman–Crippen LogP) is 3.99. The van der Waals surface area contributed by atoms with Gasteiger partial charge < -0.3 is 15.0 Å². The zero-order valence-corrected chi connectivity index (χ0v) is 18.8. The highest BCUT2D eigenvalue weighted by molar-refractivity contribution is 8.16. The number of allylic oxidation sites excluding steroid dienone is 1. The van der Waals surface area contributed by atoms with Crippen LogP contribution < -0.4 is 5.32 Å². The van der Waals surface area contributed by atoms with E-state index in [0.717, 1.165) is 27.0 Å². The molecule has 160 valence electrons. The number of esters is 1. The van der Waals surface area contributed by atoms with E-state index in [-0.39, 0.29) is 18.4 Å². The van der Waals surface area contributed by atoms with E-state index < -0.39 is 5.97 Å². The molecule has 1 amide bonds. The molecule has 0 aromatic carbocycles. The SMILES string of the molecule is CCC1=C(C(=O)OC)[C@@H](c2cccs2)N2C(CC(=O)NCc3cccnc3)=CSC2=N1. The van der Waals surface area contributed by atoms with E-state index in [4.69, 9.17) is 9.73 Å². The van der Waals surface area contributed by atoms with Gasteiger partial charge in [-0.05, 0) is 34.9 Å². The number of thioether (sulfide) groups is 1. The lowest BCUT2D eigenvalue weighted by Crippen LogP contribution is -2.37. The van der Waals surface area contributed by atoms with Gasteiger partial charge in [0.25, 0.3) is 0 Å². The van der Waals surface area contributed by atoms with Crippen molar-refractivity contribution in [1.82, 2.24) is 15.2 Å². The maximum absolute atomic E-state index is 12.7. The Labute approximate surface area is 188 Å². The van der Waals surface area contributed by atoms with Crippen molar-refractivity contribution in [3.8, 4) is 0 Å². The first kappa shape index (κ1) is 21.3. The number of methoxy groups -OCH3 is 1. The van der Waals surface area contributed by atoms with Gasteiger partial charge in [-0.25, -0.2) is 9.79 Å². The first-order valence-corrected chi connectivity index (χ1v) is 11.6. The molecule has 1 atom stereocenters. The molecule has 31 heavy (non-hydrogen) atoms. The maximum atomic E-state index is 12.7. The minimum absolute atomic E-state index is 0.105. The number of hydrogen-bond acceptors (Lipinski definition) is 8. The summed E-state index contributed by atoms with van der Waals surface area (Å²) < 4.78 is 5.10. The number of carbonyl (C=O) groups is 2. The molecule has 4 heterocycles. The molecule has 4 rings (SSSR count). The van der Waals surface area contributed by atoms with E-state index in [9.17, 15) is 9.59 Å². The normalized spacial score (nSPS) is 17.7. The first-order valence-electron chi connectivity index (χ1n) is 9.86. The Morgan fingerprint density at radius 1 is 1.29 bits per heavy atom. The molecule has 2 aromatic heterocycles. The third-order valence-electron chi connectivity index (χ3n) is 5.00. The van der Waals surface area contributed by atoms with Crippen LogP contribution in [0.15, 0.2) is 69.4 Å². The molecule has 2 aliphatic rings. The lowest BCUT2D eigenvalue weighted by molar-refractivity contribution is -0.136. The van der Waals surface area contributed by atoms with Crippen molar-refractivity contribution in [2.75, 3.05) is 7.11 Å². The Morgan fingerprint density at radius 2 is 2.16 bits per heavy atom. The Morgan fingerprint density at radius 3 is 2.84 bits per heavy atom. The Kier molecular flexibility index (Phi) is 6.53. The van der Waals surface area contributed by atoms with Gasteiger partial charge in [0.05, 0.1) is 24.8 Å². The van der Waals surface area contributed by atoms with Crippen LogP contribution >= 0.6 is 23.1 Å². The third-order valence-corrected chi connectivity index (χ3v) is 6.81. The molecule has 0 saturated heterocycles. The van der Waals surface area contributed by atoms with E-state index in [1.807, 2.05) is 46.9 Å². The molecule has 1 N–H and O–H groups in total. The molecule has 7 nitrogen and oxygen atoms in total. The monoisotopic (exact) mass is 454 g/mol. The third kappa shape index (κ3) is 4.42. The smallest absolute Gasteiger partial charge is 0.338 e. The zero-order valence-electron chi connectivity index (χ0n) is 17.2. The number of nitrogens with zero attached hydrogens (tertiary/aromatic N) is 3.